The monoisotopic (exact) mass is 178 g/mol. The predicted octanol–water partition coefficient (Wildman–Crippen LogP) is 2.20. The Balaban J connectivity index is 3.08. The summed E-state index contributed by atoms with van der Waals surface area (Å²) in [6, 6.07) is 0. The lowest BCUT2D eigenvalue weighted by Gasteiger charge is -1.99. The van der Waals surface area contributed by atoms with Gasteiger partial charge in [0.05, 0.1) is 5.69 Å². The van der Waals surface area contributed by atoms with Crippen LogP contribution in [-0.2, 0) is 7.05 Å². The van der Waals surface area contributed by atoms with Crippen LogP contribution < -0.4 is 0 Å². The van der Waals surface area contributed by atoms with Crippen LogP contribution >= 0.6 is 0 Å². The van der Waals surface area contributed by atoms with Gasteiger partial charge in [0.15, 0.2) is 11.6 Å². The first kappa shape index (κ1) is 9.58. The highest BCUT2D eigenvalue weighted by Crippen LogP contribution is 2.11. The van der Waals surface area contributed by atoms with Gasteiger partial charge >= 0.3 is 0 Å². The number of aryl methyl sites for hydroxylation is 2. The number of aromatic nitrogens is 2. The topological polar surface area (TPSA) is 38.1 Å². The molecule has 0 saturated carbocycles. The summed E-state index contributed by atoms with van der Waals surface area (Å²) in [7, 11) is 1.85. The van der Waals surface area contributed by atoms with Gasteiger partial charge in [-0.15, -0.1) is 0 Å². The van der Waals surface area contributed by atoms with Crippen LogP contribution in [0.1, 0.15) is 18.4 Å². The lowest BCUT2D eigenvalue weighted by atomic mass is 10.3. The van der Waals surface area contributed by atoms with Crippen molar-refractivity contribution in [3.63, 3.8) is 0 Å². The summed E-state index contributed by atoms with van der Waals surface area (Å²) < 4.78 is 1.78. The number of rotatable bonds is 2. The van der Waals surface area contributed by atoms with E-state index in [1.54, 1.807) is 10.6 Å². The van der Waals surface area contributed by atoms with Gasteiger partial charge in [0, 0.05) is 13.2 Å². The Kier molecular flexibility index (Phi) is 2.56. The summed E-state index contributed by atoms with van der Waals surface area (Å²) in [6.45, 7) is 7.40. The Morgan fingerprint density at radius 3 is 2.69 bits per heavy atom. The molecule has 0 aliphatic heterocycles. The van der Waals surface area contributed by atoms with Crippen molar-refractivity contribution in [3.05, 3.63) is 35.9 Å². The van der Waals surface area contributed by atoms with Crippen LogP contribution in [0.25, 0.3) is 5.76 Å². The second-order valence-corrected chi connectivity index (χ2v) is 3.19. The molecule has 0 bridgehead atoms. The van der Waals surface area contributed by atoms with E-state index in [4.69, 9.17) is 0 Å². The van der Waals surface area contributed by atoms with Gasteiger partial charge in [0.1, 0.15) is 0 Å². The number of aliphatic hydroxyl groups is 1. The molecule has 1 aromatic heterocycles. The number of hydrogen-bond donors (Lipinski definition) is 1. The van der Waals surface area contributed by atoms with Crippen LogP contribution in [0.3, 0.4) is 0 Å². The van der Waals surface area contributed by atoms with Gasteiger partial charge in [-0.25, -0.2) is 4.98 Å². The van der Waals surface area contributed by atoms with Crippen molar-refractivity contribution in [1.82, 2.24) is 9.55 Å². The lowest BCUT2D eigenvalue weighted by Crippen LogP contribution is -1.95. The zero-order valence-electron chi connectivity index (χ0n) is 8.20. The number of aliphatic hydroxyl groups excluding tert-OH is 1. The van der Waals surface area contributed by atoms with Crippen LogP contribution in [0.15, 0.2) is 24.4 Å². The summed E-state index contributed by atoms with van der Waals surface area (Å²) in [6.07, 6.45) is 3.46. The Labute approximate surface area is 78.0 Å². The number of hydrogen-bond acceptors (Lipinski definition) is 2. The molecule has 0 amide bonds. The molecule has 0 radical (unpaired) electrons. The summed E-state index contributed by atoms with van der Waals surface area (Å²) in [4.78, 5) is 4.17. The molecule has 1 aromatic rings. The van der Waals surface area contributed by atoms with Crippen LogP contribution in [0.5, 0.6) is 0 Å². The Morgan fingerprint density at radius 2 is 2.31 bits per heavy atom. The van der Waals surface area contributed by atoms with Crippen LogP contribution in [0, 0.1) is 6.92 Å². The first-order chi connectivity index (χ1) is 6.00. The lowest BCUT2D eigenvalue weighted by molar-refractivity contribution is 0.500. The molecule has 0 unspecified atom stereocenters. The standard InChI is InChI=1S/C10H14N2O/c1-7(2)5-9(13)10-11-8(3)6-12(10)4/h5-6,13H,1H2,2-4H3/b9-5+. The molecule has 0 saturated heterocycles. The molecule has 0 spiro atoms. The van der Waals surface area contributed by atoms with Crippen molar-refractivity contribution in [1.29, 1.82) is 0 Å². The minimum Gasteiger partial charge on any atom is -0.504 e. The zero-order valence-corrected chi connectivity index (χ0v) is 8.20. The average molecular weight is 178 g/mol. The van der Waals surface area contributed by atoms with Gasteiger partial charge in [0.25, 0.3) is 0 Å². The smallest absolute Gasteiger partial charge is 0.175 e. The third-order valence-electron chi connectivity index (χ3n) is 1.61. The highest BCUT2D eigenvalue weighted by atomic mass is 16.3. The second kappa shape index (κ2) is 3.47. The van der Waals surface area contributed by atoms with Crippen molar-refractivity contribution in [2.24, 2.45) is 7.05 Å². The third-order valence-corrected chi connectivity index (χ3v) is 1.61. The van der Waals surface area contributed by atoms with Crippen LogP contribution in [-0.4, -0.2) is 14.7 Å². The molecule has 0 atom stereocenters. The van der Waals surface area contributed by atoms with E-state index in [0.29, 0.717) is 5.82 Å². The first-order valence-electron chi connectivity index (χ1n) is 4.07. The molecule has 1 rings (SSSR count). The van der Waals surface area contributed by atoms with Crippen molar-refractivity contribution >= 4 is 5.76 Å². The molecule has 0 aromatic carbocycles. The minimum atomic E-state index is 0.156. The maximum absolute atomic E-state index is 9.60. The molecule has 3 heteroatoms. The molecular formula is C10H14N2O. The summed E-state index contributed by atoms with van der Waals surface area (Å²) in [5, 5.41) is 9.60. The number of allylic oxidation sites excluding steroid dienone is 2. The normalized spacial score (nSPS) is 11.8. The van der Waals surface area contributed by atoms with Gasteiger partial charge in [0.2, 0.25) is 0 Å². The maximum Gasteiger partial charge on any atom is 0.175 e. The second-order valence-electron chi connectivity index (χ2n) is 3.19. The number of nitrogens with zero attached hydrogens (tertiary/aromatic N) is 2. The SMILES string of the molecule is C=C(C)/C=C(/O)c1nc(C)cn1C. The molecule has 1 heterocycles. The van der Waals surface area contributed by atoms with E-state index >= 15 is 0 Å². The molecule has 0 aliphatic rings. The van der Waals surface area contributed by atoms with Crippen LogP contribution in [0.4, 0.5) is 0 Å². The largest absolute Gasteiger partial charge is 0.504 e. The van der Waals surface area contributed by atoms with E-state index < -0.39 is 0 Å². The summed E-state index contributed by atoms with van der Waals surface area (Å²) >= 11 is 0. The van der Waals surface area contributed by atoms with Crippen LogP contribution in [0.2, 0.25) is 0 Å². The predicted molar refractivity (Wildman–Crippen MR) is 53.4 cm³/mol. The number of imidazole rings is 1. The highest BCUT2D eigenvalue weighted by Gasteiger charge is 2.06. The quantitative estimate of drug-likeness (QED) is 0.557. The molecular weight excluding hydrogens is 164 g/mol. The van der Waals surface area contributed by atoms with E-state index in [-0.39, 0.29) is 5.76 Å². The third kappa shape index (κ3) is 2.21. The fraction of sp³-hybridized carbons (Fsp3) is 0.300. The van der Waals surface area contributed by atoms with Crippen molar-refractivity contribution in [2.75, 3.05) is 0 Å². The Hall–Kier alpha value is -1.51. The first-order valence-corrected chi connectivity index (χ1v) is 4.07. The fourth-order valence-corrected chi connectivity index (χ4v) is 1.15. The van der Waals surface area contributed by atoms with Gasteiger partial charge in [-0.1, -0.05) is 12.2 Å². The molecule has 1 N–H and O–H groups in total. The van der Waals surface area contributed by atoms with Crippen molar-refractivity contribution < 1.29 is 5.11 Å². The summed E-state index contributed by atoms with van der Waals surface area (Å²) in [5.74, 6) is 0.726. The molecule has 70 valence electrons. The van der Waals surface area contributed by atoms with E-state index in [1.165, 1.54) is 0 Å². The van der Waals surface area contributed by atoms with Gasteiger partial charge in [-0.3, -0.25) is 0 Å². The molecule has 13 heavy (non-hydrogen) atoms. The van der Waals surface area contributed by atoms with E-state index in [1.807, 2.05) is 27.1 Å². The van der Waals surface area contributed by atoms with E-state index in [9.17, 15) is 5.11 Å². The van der Waals surface area contributed by atoms with Crippen molar-refractivity contribution in [3.8, 4) is 0 Å². The van der Waals surface area contributed by atoms with Gasteiger partial charge in [-0.05, 0) is 19.9 Å². The molecule has 3 nitrogen and oxygen atoms in total. The maximum atomic E-state index is 9.60. The Bertz CT molecular complexity index is 361. The fourth-order valence-electron chi connectivity index (χ4n) is 1.15. The average Bonchev–Trinajstić information content (AvgIpc) is 2.28. The zero-order chi connectivity index (χ0) is 10.0. The van der Waals surface area contributed by atoms with Gasteiger partial charge in [-0.2, -0.15) is 0 Å². The van der Waals surface area contributed by atoms with Gasteiger partial charge < -0.3 is 9.67 Å². The minimum absolute atomic E-state index is 0.156. The molecule has 0 fully saturated rings. The summed E-state index contributed by atoms with van der Waals surface area (Å²) in [5.41, 5.74) is 1.69. The Morgan fingerprint density at radius 1 is 1.69 bits per heavy atom. The molecule has 0 aliphatic carbocycles. The van der Waals surface area contributed by atoms with E-state index in [0.717, 1.165) is 11.3 Å². The van der Waals surface area contributed by atoms with Crippen molar-refractivity contribution in [2.45, 2.75) is 13.8 Å². The van der Waals surface area contributed by atoms with E-state index in [2.05, 4.69) is 11.6 Å². The highest BCUT2D eigenvalue weighted by molar-refractivity contribution is 5.55.